The summed E-state index contributed by atoms with van der Waals surface area (Å²) >= 11 is 0. The fourth-order valence-corrected chi connectivity index (χ4v) is 3.47. The number of carbonyl (C=O) groups is 2. The van der Waals surface area contributed by atoms with Crippen molar-refractivity contribution in [2.24, 2.45) is 0 Å². The quantitative estimate of drug-likeness (QED) is 0.744. The van der Waals surface area contributed by atoms with Gasteiger partial charge in [0, 0.05) is 19.6 Å². The third-order valence-electron chi connectivity index (χ3n) is 4.98. The molecule has 2 amide bonds. The first-order chi connectivity index (χ1) is 13.9. The zero-order valence-electron chi connectivity index (χ0n) is 17.5. The SMILES string of the molecule is COc1ccc(C)cc1NC(=O)c1nc(C(=O)NCCN(C)C)n2c1CCCC2. The number of anilines is 1. The largest absolute Gasteiger partial charge is 0.495 e. The van der Waals surface area contributed by atoms with Crippen molar-refractivity contribution in [3.8, 4) is 5.75 Å². The van der Waals surface area contributed by atoms with Crippen LogP contribution < -0.4 is 15.4 Å². The van der Waals surface area contributed by atoms with Crippen LogP contribution in [-0.2, 0) is 13.0 Å². The van der Waals surface area contributed by atoms with Crippen molar-refractivity contribution in [1.29, 1.82) is 0 Å². The molecule has 1 aliphatic heterocycles. The topological polar surface area (TPSA) is 88.5 Å². The van der Waals surface area contributed by atoms with Crippen molar-refractivity contribution in [2.45, 2.75) is 32.7 Å². The van der Waals surface area contributed by atoms with Crippen molar-refractivity contribution in [3.05, 3.63) is 41.0 Å². The van der Waals surface area contributed by atoms with E-state index in [9.17, 15) is 9.59 Å². The van der Waals surface area contributed by atoms with E-state index in [0.29, 0.717) is 36.0 Å². The van der Waals surface area contributed by atoms with Crippen molar-refractivity contribution in [2.75, 3.05) is 39.6 Å². The third-order valence-corrected chi connectivity index (χ3v) is 4.98. The predicted octanol–water partition coefficient (Wildman–Crippen LogP) is 2.08. The number of benzene rings is 1. The van der Waals surface area contributed by atoms with Crippen LogP contribution in [0.1, 0.15) is 45.2 Å². The first kappa shape index (κ1) is 20.9. The number of aromatic nitrogens is 2. The summed E-state index contributed by atoms with van der Waals surface area (Å²) in [6, 6.07) is 5.59. The lowest BCUT2D eigenvalue weighted by atomic mass is 10.1. The molecular formula is C21H29N5O3. The lowest BCUT2D eigenvalue weighted by Gasteiger charge is -2.17. The van der Waals surface area contributed by atoms with E-state index in [2.05, 4.69) is 15.6 Å². The van der Waals surface area contributed by atoms with Crippen LogP contribution in [-0.4, -0.2) is 60.6 Å². The highest BCUT2D eigenvalue weighted by Gasteiger charge is 2.27. The molecule has 0 fully saturated rings. The molecule has 2 aromatic rings. The van der Waals surface area contributed by atoms with E-state index in [0.717, 1.165) is 37.1 Å². The summed E-state index contributed by atoms with van der Waals surface area (Å²) < 4.78 is 7.23. The highest BCUT2D eigenvalue weighted by molar-refractivity contribution is 6.05. The second kappa shape index (κ2) is 9.09. The summed E-state index contributed by atoms with van der Waals surface area (Å²) in [5, 5.41) is 5.79. The number of imidazole rings is 1. The normalized spacial score (nSPS) is 13.1. The summed E-state index contributed by atoms with van der Waals surface area (Å²) in [4.78, 5) is 32.1. The van der Waals surface area contributed by atoms with Crippen LogP contribution >= 0.6 is 0 Å². The number of hydrogen-bond donors (Lipinski definition) is 2. The number of methoxy groups -OCH3 is 1. The van der Waals surface area contributed by atoms with Crippen LogP contribution in [0.15, 0.2) is 18.2 Å². The number of hydrogen-bond acceptors (Lipinski definition) is 5. The lowest BCUT2D eigenvalue weighted by molar-refractivity contribution is 0.0935. The van der Waals surface area contributed by atoms with Gasteiger partial charge in [0.2, 0.25) is 0 Å². The van der Waals surface area contributed by atoms with E-state index in [-0.39, 0.29) is 11.8 Å². The van der Waals surface area contributed by atoms with Gasteiger partial charge in [0.25, 0.3) is 11.8 Å². The molecule has 29 heavy (non-hydrogen) atoms. The lowest BCUT2D eigenvalue weighted by Crippen LogP contribution is -2.33. The Morgan fingerprint density at radius 3 is 2.76 bits per heavy atom. The number of nitrogens with zero attached hydrogens (tertiary/aromatic N) is 3. The number of fused-ring (bicyclic) bond motifs is 1. The van der Waals surface area contributed by atoms with E-state index in [1.165, 1.54) is 0 Å². The van der Waals surface area contributed by atoms with Gasteiger partial charge in [0.05, 0.1) is 18.5 Å². The second-order valence-electron chi connectivity index (χ2n) is 7.56. The average Bonchev–Trinajstić information content (AvgIpc) is 3.08. The zero-order chi connectivity index (χ0) is 21.0. The van der Waals surface area contributed by atoms with Gasteiger partial charge < -0.3 is 24.8 Å². The molecule has 0 radical (unpaired) electrons. The standard InChI is InChI=1S/C21H29N5O3/c1-14-8-9-17(29-4)15(13-14)23-20(27)18-16-7-5-6-11-26(16)19(24-18)21(28)22-10-12-25(2)3/h8-9,13H,5-7,10-12H2,1-4H3,(H,22,28)(H,23,27). The Bertz CT molecular complexity index is 904. The Morgan fingerprint density at radius 2 is 2.03 bits per heavy atom. The van der Waals surface area contributed by atoms with Gasteiger partial charge in [-0.3, -0.25) is 9.59 Å². The maximum absolute atomic E-state index is 13.0. The Kier molecular flexibility index (Phi) is 6.53. The van der Waals surface area contributed by atoms with Crippen LogP contribution in [0.4, 0.5) is 5.69 Å². The summed E-state index contributed by atoms with van der Waals surface area (Å²) in [6.07, 6.45) is 2.67. The Hall–Kier alpha value is -2.87. The van der Waals surface area contributed by atoms with E-state index in [1.54, 1.807) is 7.11 Å². The summed E-state index contributed by atoms with van der Waals surface area (Å²) in [5.74, 6) is 0.313. The second-order valence-corrected chi connectivity index (χ2v) is 7.56. The molecule has 2 N–H and O–H groups in total. The van der Waals surface area contributed by atoms with E-state index in [4.69, 9.17) is 4.74 Å². The monoisotopic (exact) mass is 399 g/mol. The van der Waals surface area contributed by atoms with Crippen LogP contribution in [0.25, 0.3) is 0 Å². The first-order valence-electron chi connectivity index (χ1n) is 9.89. The number of amides is 2. The summed E-state index contributed by atoms with van der Waals surface area (Å²) in [7, 11) is 5.46. The van der Waals surface area contributed by atoms with Gasteiger partial charge in [-0.25, -0.2) is 4.98 Å². The summed E-state index contributed by atoms with van der Waals surface area (Å²) in [6.45, 7) is 3.90. The molecule has 0 unspecified atom stereocenters. The van der Waals surface area contributed by atoms with Crippen molar-refractivity contribution in [3.63, 3.8) is 0 Å². The molecule has 8 heteroatoms. The molecule has 1 aromatic heterocycles. The Balaban J connectivity index is 1.86. The van der Waals surface area contributed by atoms with E-state index >= 15 is 0 Å². The van der Waals surface area contributed by atoms with Crippen LogP contribution in [0.5, 0.6) is 5.75 Å². The minimum Gasteiger partial charge on any atom is -0.495 e. The molecular weight excluding hydrogens is 370 g/mol. The number of aryl methyl sites for hydroxylation is 1. The molecule has 8 nitrogen and oxygen atoms in total. The maximum atomic E-state index is 13.0. The maximum Gasteiger partial charge on any atom is 0.287 e. The number of rotatable bonds is 7. The average molecular weight is 399 g/mol. The smallest absolute Gasteiger partial charge is 0.287 e. The van der Waals surface area contributed by atoms with E-state index in [1.807, 2.05) is 48.7 Å². The third kappa shape index (κ3) is 4.76. The fourth-order valence-electron chi connectivity index (χ4n) is 3.47. The highest BCUT2D eigenvalue weighted by atomic mass is 16.5. The number of likely N-dealkylation sites (N-methyl/N-ethyl adjacent to an activating group) is 1. The molecule has 0 saturated carbocycles. The number of nitrogens with one attached hydrogen (secondary N) is 2. The van der Waals surface area contributed by atoms with Crippen LogP contribution in [0, 0.1) is 6.92 Å². The van der Waals surface area contributed by atoms with Crippen LogP contribution in [0.2, 0.25) is 0 Å². The van der Waals surface area contributed by atoms with Gasteiger partial charge in [-0.05, 0) is 58.0 Å². The van der Waals surface area contributed by atoms with Crippen molar-refractivity contribution >= 4 is 17.5 Å². The van der Waals surface area contributed by atoms with Gasteiger partial charge in [-0.15, -0.1) is 0 Å². The molecule has 3 rings (SSSR count). The highest BCUT2D eigenvalue weighted by Crippen LogP contribution is 2.27. The van der Waals surface area contributed by atoms with Gasteiger partial charge in [-0.1, -0.05) is 6.07 Å². The molecule has 1 aromatic carbocycles. The van der Waals surface area contributed by atoms with Gasteiger partial charge >= 0.3 is 0 Å². The van der Waals surface area contributed by atoms with Gasteiger partial charge in [0.1, 0.15) is 5.75 Å². The summed E-state index contributed by atoms with van der Waals surface area (Å²) in [5.41, 5.74) is 2.73. The van der Waals surface area contributed by atoms with Gasteiger partial charge in [0.15, 0.2) is 11.5 Å². The van der Waals surface area contributed by atoms with Gasteiger partial charge in [-0.2, -0.15) is 0 Å². The molecule has 2 heterocycles. The molecule has 0 atom stereocenters. The van der Waals surface area contributed by atoms with Crippen molar-refractivity contribution in [1.82, 2.24) is 19.8 Å². The Morgan fingerprint density at radius 1 is 1.24 bits per heavy atom. The van der Waals surface area contributed by atoms with Crippen molar-refractivity contribution < 1.29 is 14.3 Å². The number of ether oxygens (including phenoxy) is 1. The minimum absolute atomic E-state index is 0.248. The number of carbonyl (C=O) groups excluding carboxylic acids is 2. The minimum atomic E-state index is -0.327. The van der Waals surface area contributed by atoms with Crippen LogP contribution in [0.3, 0.4) is 0 Å². The predicted molar refractivity (Wildman–Crippen MR) is 112 cm³/mol. The molecule has 0 saturated heterocycles. The molecule has 0 spiro atoms. The Labute approximate surface area is 171 Å². The van der Waals surface area contributed by atoms with E-state index < -0.39 is 0 Å². The zero-order valence-corrected chi connectivity index (χ0v) is 17.5. The molecule has 0 aliphatic carbocycles. The molecule has 1 aliphatic rings. The molecule has 0 bridgehead atoms. The first-order valence-corrected chi connectivity index (χ1v) is 9.89. The molecule has 156 valence electrons. The fraction of sp³-hybridized carbons (Fsp3) is 0.476.